The number of amides is 1. The van der Waals surface area contributed by atoms with Crippen LogP contribution in [0, 0.1) is 18.6 Å². The molecule has 4 rings (SSSR count). The van der Waals surface area contributed by atoms with Crippen molar-refractivity contribution in [3.05, 3.63) is 64.2 Å². The molecule has 0 aliphatic heterocycles. The number of nitrogens with zero attached hydrogens (tertiary/aromatic N) is 3. The number of carbonyl (C=O) groups excluding carboxylic acids is 1. The van der Waals surface area contributed by atoms with Crippen LogP contribution in [-0.2, 0) is 6.42 Å². The third-order valence-electron chi connectivity index (χ3n) is 4.52. The fraction of sp³-hybridized carbons (Fsp3) is 0.143. The molecule has 0 spiro atoms. The quantitative estimate of drug-likeness (QED) is 0.459. The number of hydrogen-bond donors (Lipinski definition) is 2. The number of rotatable bonds is 5. The summed E-state index contributed by atoms with van der Waals surface area (Å²) in [6, 6.07) is 8.75. The first-order valence-electron chi connectivity index (χ1n) is 9.32. The van der Waals surface area contributed by atoms with E-state index in [4.69, 9.17) is 10.3 Å². The predicted octanol–water partition coefficient (Wildman–Crippen LogP) is 4.84. The molecule has 4 aromatic rings. The number of thiazole rings is 1. The van der Waals surface area contributed by atoms with Gasteiger partial charge in [-0.3, -0.25) is 4.79 Å². The number of nitrogens with two attached hydrogens (primary N) is 1. The van der Waals surface area contributed by atoms with Crippen LogP contribution >= 0.6 is 11.3 Å². The van der Waals surface area contributed by atoms with E-state index < -0.39 is 17.5 Å². The molecular formula is C21H17F2N5O2S. The van der Waals surface area contributed by atoms with Crippen LogP contribution in [0.15, 0.2) is 40.9 Å². The summed E-state index contributed by atoms with van der Waals surface area (Å²) in [7, 11) is 0. The van der Waals surface area contributed by atoms with Gasteiger partial charge in [-0.25, -0.2) is 13.8 Å². The van der Waals surface area contributed by atoms with Gasteiger partial charge in [0, 0.05) is 11.6 Å². The average molecular weight is 441 g/mol. The molecule has 2 aromatic heterocycles. The fourth-order valence-electron chi connectivity index (χ4n) is 2.96. The lowest BCUT2D eigenvalue weighted by Gasteiger charge is -2.09. The topological polar surface area (TPSA) is 107 Å². The first kappa shape index (κ1) is 20.6. The number of aromatic nitrogens is 3. The van der Waals surface area contributed by atoms with Gasteiger partial charge in [-0.05, 0) is 37.1 Å². The molecular weight excluding hydrogens is 424 g/mol. The molecule has 158 valence electrons. The first-order chi connectivity index (χ1) is 14.9. The molecule has 0 aliphatic carbocycles. The Morgan fingerprint density at radius 2 is 2.00 bits per heavy atom. The number of anilines is 2. The van der Waals surface area contributed by atoms with E-state index in [1.165, 1.54) is 11.3 Å². The van der Waals surface area contributed by atoms with Gasteiger partial charge in [0.2, 0.25) is 5.82 Å². The summed E-state index contributed by atoms with van der Waals surface area (Å²) in [5.74, 6) is -2.16. The van der Waals surface area contributed by atoms with Crippen LogP contribution in [0.2, 0.25) is 0 Å². The number of aryl methyl sites for hydroxylation is 2. The molecule has 0 saturated heterocycles. The predicted molar refractivity (Wildman–Crippen MR) is 114 cm³/mol. The molecule has 0 atom stereocenters. The highest BCUT2D eigenvalue weighted by atomic mass is 32.1. The molecule has 0 bridgehead atoms. The maximum atomic E-state index is 14.5. The smallest absolute Gasteiger partial charge is 0.272 e. The summed E-state index contributed by atoms with van der Waals surface area (Å²) in [4.78, 5) is 21.3. The second-order valence-electron chi connectivity index (χ2n) is 6.69. The molecule has 31 heavy (non-hydrogen) atoms. The zero-order valence-electron chi connectivity index (χ0n) is 16.6. The standard InChI is InChI=1S/C21H17F2N5O2S/c1-3-11-5-4-6-12(7-11)20(29)26-16-8-13(14(22)9-15(16)23)19-27-21(30-28-19)17-18(24)25-10(2)31-17/h4-9H,3,24H2,1-2H3,(H,26,29). The third kappa shape index (κ3) is 4.15. The van der Waals surface area contributed by atoms with Crippen molar-refractivity contribution in [2.75, 3.05) is 11.1 Å². The molecule has 0 saturated carbocycles. The number of carbonyl (C=O) groups is 1. The van der Waals surface area contributed by atoms with Gasteiger partial charge < -0.3 is 15.6 Å². The highest BCUT2D eigenvalue weighted by molar-refractivity contribution is 7.15. The zero-order chi connectivity index (χ0) is 22.1. The van der Waals surface area contributed by atoms with E-state index in [0.717, 1.165) is 18.1 Å². The Labute approximate surface area is 179 Å². The monoisotopic (exact) mass is 441 g/mol. The van der Waals surface area contributed by atoms with Crippen LogP contribution in [-0.4, -0.2) is 21.0 Å². The van der Waals surface area contributed by atoms with Crippen LogP contribution < -0.4 is 11.1 Å². The highest BCUT2D eigenvalue weighted by Gasteiger charge is 2.21. The van der Waals surface area contributed by atoms with Crippen LogP contribution in [0.1, 0.15) is 27.9 Å². The molecule has 3 N–H and O–H groups in total. The minimum atomic E-state index is -0.924. The molecule has 0 aliphatic rings. The highest BCUT2D eigenvalue weighted by Crippen LogP contribution is 2.33. The second kappa shape index (κ2) is 8.23. The van der Waals surface area contributed by atoms with Crippen LogP contribution in [0.4, 0.5) is 20.3 Å². The fourth-order valence-corrected chi connectivity index (χ4v) is 3.72. The number of benzene rings is 2. The van der Waals surface area contributed by atoms with Crippen molar-refractivity contribution in [1.82, 2.24) is 15.1 Å². The van der Waals surface area contributed by atoms with E-state index in [1.54, 1.807) is 25.1 Å². The summed E-state index contributed by atoms with van der Waals surface area (Å²) < 4.78 is 34.0. The third-order valence-corrected chi connectivity index (χ3v) is 5.50. The van der Waals surface area contributed by atoms with Gasteiger partial charge >= 0.3 is 0 Å². The summed E-state index contributed by atoms with van der Waals surface area (Å²) in [5.41, 5.74) is 6.82. The number of hydrogen-bond acceptors (Lipinski definition) is 7. The lowest BCUT2D eigenvalue weighted by Crippen LogP contribution is -2.13. The second-order valence-corrected chi connectivity index (χ2v) is 7.89. The van der Waals surface area contributed by atoms with E-state index in [-0.39, 0.29) is 28.8 Å². The Hall–Kier alpha value is -3.66. The van der Waals surface area contributed by atoms with Gasteiger partial charge in [0.05, 0.1) is 16.3 Å². The van der Waals surface area contributed by atoms with Gasteiger partial charge in [0.15, 0.2) is 0 Å². The van der Waals surface area contributed by atoms with E-state index >= 15 is 0 Å². The Kier molecular flexibility index (Phi) is 5.47. The molecule has 1 amide bonds. The summed E-state index contributed by atoms with van der Waals surface area (Å²) in [5, 5.41) is 6.94. The summed E-state index contributed by atoms with van der Waals surface area (Å²) in [6.45, 7) is 3.73. The number of halogens is 2. The molecule has 7 nitrogen and oxygen atoms in total. The van der Waals surface area contributed by atoms with Gasteiger partial charge in [-0.2, -0.15) is 4.98 Å². The SMILES string of the molecule is CCc1cccc(C(=O)Nc2cc(-c3noc(-c4sc(C)nc4N)n3)c(F)cc2F)c1. The minimum Gasteiger partial charge on any atom is -0.382 e. The van der Waals surface area contributed by atoms with E-state index in [0.29, 0.717) is 21.5 Å². The lowest BCUT2D eigenvalue weighted by atomic mass is 10.1. The molecule has 0 fully saturated rings. The molecule has 0 unspecified atom stereocenters. The Balaban J connectivity index is 1.65. The van der Waals surface area contributed by atoms with Crippen molar-refractivity contribution in [3.63, 3.8) is 0 Å². The van der Waals surface area contributed by atoms with E-state index in [1.807, 2.05) is 13.0 Å². The van der Waals surface area contributed by atoms with Gasteiger partial charge in [0.1, 0.15) is 22.3 Å². The van der Waals surface area contributed by atoms with Crippen molar-refractivity contribution in [2.45, 2.75) is 20.3 Å². The zero-order valence-corrected chi connectivity index (χ0v) is 17.4. The van der Waals surface area contributed by atoms with Gasteiger partial charge in [-0.1, -0.05) is 24.2 Å². The van der Waals surface area contributed by atoms with Crippen molar-refractivity contribution in [3.8, 4) is 22.2 Å². The van der Waals surface area contributed by atoms with Crippen LogP contribution in [0.25, 0.3) is 22.2 Å². The molecule has 2 aromatic carbocycles. The van der Waals surface area contributed by atoms with E-state index in [9.17, 15) is 13.6 Å². The van der Waals surface area contributed by atoms with E-state index in [2.05, 4.69) is 20.4 Å². The van der Waals surface area contributed by atoms with Crippen LogP contribution in [0.5, 0.6) is 0 Å². The Bertz CT molecular complexity index is 1280. The number of nitrogen functional groups attached to an aromatic ring is 1. The maximum absolute atomic E-state index is 14.5. The molecule has 0 radical (unpaired) electrons. The minimum absolute atomic E-state index is 0.0730. The average Bonchev–Trinajstić information content (AvgIpc) is 3.35. The van der Waals surface area contributed by atoms with Gasteiger partial charge in [-0.15, -0.1) is 11.3 Å². The Morgan fingerprint density at radius 3 is 2.71 bits per heavy atom. The normalized spacial score (nSPS) is 11.0. The largest absolute Gasteiger partial charge is 0.382 e. The lowest BCUT2D eigenvalue weighted by molar-refractivity contribution is 0.102. The van der Waals surface area contributed by atoms with Crippen molar-refractivity contribution in [1.29, 1.82) is 0 Å². The number of nitrogens with one attached hydrogen (secondary N) is 1. The summed E-state index contributed by atoms with van der Waals surface area (Å²) >= 11 is 1.25. The maximum Gasteiger partial charge on any atom is 0.272 e. The van der Waals surface area contributed by atoms with Crippen LogP contribution in [0.3, 0.4) is 0 Å². The Morgan fingerprint density at radius 1 is 1.19 bits per heavy atom. The van der Waals surface area contributed by atoms with Gasteiger partial charge in [0.25, 0.3) is 11.8 Å². The molecule has 2 heterocycles. The molecule has 10 heteroatoms. The first-order valence-corrected chi connectivity index (χ1v) is 10.1. The van der Waals surface area contributed by atoms with Crippen molar-refractivity contribution in [2.24, 2.45) is 0 Å². The van der Waals surface area contributed by atoms with Crippen molar-refractivity contribution < 1.29 is 18.1 Å². The van der Waals surface area contributed by atoms with Crippen molar-refractivity contribution >= 4 is 28.7 Å². The summed E-state index contributed by atoms with van der Waals surface area (Å²) in [6.07, 6.45) is 0.750.